The number of esters is 1. The number of carbonyl (C=O) groups excluding carboxylic acids is 5. The van der Waals surface area contributed by atoms with E-state index in [1.807, 2.05) is 48.5 Å². The smallest absolute Gasteiger partial charge is 0.410 e. The number of hydrogen-bond acceptors (Lipinski definition) is 9. The number of piperazine rings is 1. The van der Waals surface area contributed by atoms with Crippen molar-refractivity contribution in [3.63, 3.8) is 0 Å². The zero-order valence-electron chi connectivity index (χ0n) is 24.8. The van der Waals surface area contributed by atoms with Crippen LogP contribution in [0.15, 0.2) is 79.0 Å². The largest absolute Gasteiger partial charge is 0.445 e. The van der Waals surface area contributed by atoms with E-state index in [-0.39, 0.29) is 38.2 Å². The Kier molecular flexibility index (Phi) is 8.92. The molecule has 0 bridgehead atoms. The molecule has 4 amide bonds. The fourth-order valence-corrected chi connectivity index (χ4v) is 6.02. The Balaban J connectivity index is 1.25. The number of aliphatic hydroxyl groups excluding tert-OH is 1. The number of carbonyl (C=O) groups is 5. The molecule has 0 aliphatic carbocycles. The van der Waals surface area contributed by atoms with Gasteiger partial charge >= 0.3 is 12.1 Å². The van der Waals surface area contributed by atoms with Gasteiger partial charge in [0.1, 0.15) is 30.4 Å². The predicted molar refractivity (Wildman–Crippen MR) is 163 cm³/mol. The minimum absolute atomic E-state index is 0.0181. The molecule has 0 saturated carbocycles. The molecule has 2 fully saturated rings. The lowest BCUT2D eigenvalue weighted by atomic mass is 9.96. The molecule has 2 unspecified atom stereocenters. The maximum absolute atomic E-state index is 14.2. The van der Waals surface area contributed by atoms with Crippen molar-refractivity contribution in [3.05, 3.63) is 90.3 Å². The first-order valence-corrected chi connectivity index (χ1v) is 15.0. The number of benzene rings is 2. The fourth-order valence-electron chi connectivity index (χ4n) is 6.02. The molecule has 5 atom stereocenters. The van der Waals surface area contributed by atoms with Crippen LogP contribution in [-0.2, 0) is 30.5 Å². The van der Waals surface area contributed by atoms with Crippen LogP contribution in [0.1, 0.15) is 35.3 Å². The molecule has 3 aromatic rings. The first-order valence-electron chi connectivity index (χ1n) is 15.0. The molecule has 238 valence electrons. The third-order valence-electron chi connectivity index (χ3n) is 8.32. The second-order valence-corrected chi connectivity index (χ2v) is 11.4. The van der Waals surface area contributed by atoms with Crippen LogP contribution in [0.25, 0.3) is 10.8 Å². The first kappa shape index (κ1) is 30.7. The molecule has 4 heterocycles. The molecule has 0 spiro atoms. The number of rotatable bonds is 6. The van der Waals surface area contributed by atoms with Crippen LogP contribution in [0.4, 0.5) is 4.79 Å². The van der Waals surface area contributed by atoms with Crippen molar-refractivity contribution in [2.45, 2.75) is 56.3 Å². The highest BCUT2D eigenvalue weighted by atomic mass is 16.6. The zero-order valence-corrected chi connectivity index (χ0v) is 24.8. The van der Waals surface area contributed by atoms with Gasteiger partial charge in [0.2, 0.25) is 18.1 Å². The summed E-state index contributed by atoms with van der Waals surface area (Å²) in [5.74, 6) is -2.43. The van der Waals surface area contributed by atoms with Gasteiger partial charge in [0.15, 0.2) is 0 Å². The van der Waals surface area contributed by atoms with Crippen molar-refractivity contribution >= 4 is 40.6 Å². The number of aliphatic hydroxyl groups is 1. The van der Waals surface area contributed by atoms with E-state index in [9.17, 15) is 29.1 Å². The predicted octanol–water partition coefficient (Wildman–Crippen LogP) is 1.65. The third kappa shape index (κ3) is 6.54. The Morgan fingerprint density at radius 2 is 1.72 bits per heavy atom. The highest BCUT2D eigenvalue weighted by molar-refractivity contribution is 6.06. The lowest BCUT2D eigenvalue weighted by molar-refractivity contribution is -0.156. The lowest BCUT2D eigenvalue weighted by Crippen LogP contribution is -2.68. The Morgan fingerprint density at radius 3 is 2.50 bits per heavy atom. The van der Waals surface area contributed by atoms with Crippen LogP contribution in [0.3, 0.4) is 0 Å². The molecule has 2 aromatic carbocycles. The molecule has 1 aromatic heterocycles. The highest BCUT2D eigenvalue weighted by Gasteiger charge is 2.46. The minimum atomic E-state index is -1.55. The van der Waals surface area contributed by atoms with Crippen molar-refractivity contribution in [1.82, 2.24) is 25.4 Å². The van der Waals surface area contributed by atoms with E-state index >= 15 is 0 Å². The van der Waals surface area contributed by atoms with Crippen LogP contribution < -0.4 is 10.6 Å². The van der Waals surface area contributed by atoms with E-state index in [1.165, 1.54) is 16.0 Å². The van der Waals surface area contributed by atoms with Gasteiger partial charge in [-0.2, -0.15) is 0 Å². The SMILES string of the molecule is O=C1CC(NC(=O)[C@@H]2CN(C(=O)OCc3ccccc3)C[C@@H]3CC=CC[C@H](NC(=O)c4nccc5ccccc45)C(=O)N32)C(O)O1. The molecule has 3 N–H and O–H groups in total. The van der Waals surface area contributed by atoms with Crippen molar-refractivity contribution in [3.8, 4) is 0 Å². The molecular weight excluding hydrogens is 594 g/mol. The van der Waals surface area contributed by atoms with Crippen molar-refractivity contribution in [2.75, 3.05) is 13.1 Å². The van der Waals surface area contributed by atoms with Gasteiger partial charge in [-0.15, -0.1) is 0 Å². The molecule has 2 saturated heterocycles. The minimum Gasteiger partial charge on any atom is -0.445 e. The number of ether oxygens (including phenoxy) is 2. The number of amides is 4. The van der Waals surface area contributed by atoms with Crippen LogP contribution in [0.5, 0.6) is 0 Å². The summed E-state index contributed by atoms with van der Waals surface area (Å²) >= 11 is 0. The molecule has 13 heteroatoms. The normalized spacial score (nSPS) is 24.4. The first-order chi connectivity index (χ1) is 22.3. The van der Waals surface area contributed by atoms with Gasteiger partial charge in [0.25, 0.3) is 5.91 Å². The summed E-state index contributed by atoms with van der Waals surface area (Å²) in [6.45, 7) is -0.120. The van der Waals surface area contributed by atoms with Crippen molar-refractivity contribution < 1.29 is 38.6 Å². The number of pyridine rings is 1. The van der Waals surface area contributed by atoms with Crippen LogP contribution in [-0.4, -0.2) is 93.2 Å². The van der Waals surface area contributed by atoms with Gasteiger partial charge in [-0.1, -0.05) is 66.7 Å². The monoisotopic (exact) mass is 627 g/mol. The van der Waals surface area contributed by atoms with Crippen molar-refractivity contribution in [2.24, 2.45) is 0 Å². The van der Waals surface area contributed by atoms with E-state index in [0.29, 0.717) is 11.8 Å². The van der Waals surface area contributed by atoms with E-state index in [0.717, 1.165) is 10.9 Å². The summed E-state index contributed by atoms with van der Waals surface area (Å²) < 4.78 is 10.3. The summed E-state index contributed by atoms with van der Waals surface area (Å²) in [5.41, 5.74) is 0.945. The summed E-state index contributed by atoms with van der Waals surface area (Å²) in [5, 5.41) is 17.0. The zero-order chi connectivity index (χ0) is 32.2. The molecular formula is C33H33N5O8. The van der Waals surface area contributed by atoms with Crippen LogP contribution in [0.2, 0.25) is 0 Å². The molecule has 6 rings (SSSR count). The number of nitrogens with zero attached hydrogens (tertiary/aromatic N) is 3. The summed E-state index contributed by atoms with van der Waals surface area (Å²) in [7, 11) is 0. The number of cyclic esters (lactones) is 1. The summed E-state index contributed by atoms with van der Waals surface area (Å²) in [6, 6.07) is 14.3. The Bertz CT molecular complexity index is 1680. The van der Waals surface area contributed by atoms with Gasteiger partial charge in [0.05, 0.1) is 19.0 Å². The lowest BCUT2D eigenvalue weighted by Gasteiger charge is -2.47. The maximum atomic E-state index is 14.2. The van der Waals surface area contributed by atoms with Gasteiger partial charge in [-0.3, -0.25) is 24.2 Å². The molecule has 3 aliphatic rings. The highest BCUT2D eigenvalue weighted by Crippen LogP contribution is 2.26. The Morgan fingerprint density at radius 1 is 0.957 bits per heavy atom. The van der Waals surface area contributed by atoms with Crippen molar-refractivity contribution in [1.29, 1.82) is 0 Å². The Labute approximate surface area is 264 Å². The average molecular weight is 628 g/mol. The molecule has 46 heavy (non-hydrogen) atoms. The van der Waals surface area contributed by atoms with E-state index in [4.69, 9.17) is 9.47 Å². The molecule has 13 nitrogen and oxygen atoms in total. The van der Waals surface area contributed by atoms with Gasteiger partial charge in [0, 0.05) is 18.1 Å². The topological polar surface area (TPSA) is 167 Å². The molecule has 0 radical (unpaired) electrons. The van der Waals surface area contributed by atoms with Crippen LogP contribution in [0, 0.1) is 0 Å². The quantitative estimate of drug-likeness (QED) is 0.272. The standard InChI is InChI=1S/C33H33N5O8/c39-27-16-25(32(43)46-27)36-29(40)26-18-37(33(44)45-19-20-8-2-1-3-9-20)17-22-11-5-7-13-24(31(42)38(22)26)35-30(41)28-23-12-6-4-10-21(23)14-15-34-28/h1-10,12,14-15,22,24-26,32,43H,11,13,16-19H2,(H,35,41)(H,36,40)/t22-,24-,25?,26-,32?/m0/s1. The van der Waals surface area contributed by atoms with E-state index in [1.54, 1.807) is 24.3 Å². The number of nitrogens with one attached hydrogen (secondary N) is 2. The average Bonchev–Trinajstić information content (AvgIpc) is 3.38. The summed E-state index contributed by atoms with van der Waals surface area (Å²) in [4.78, 5) is 73.5. The maximum Gasteiger partial charge on any atom is 0.410 e. The second-order valence-electron chi connectivity index (χ2n) is 11.4. The number of fused-ring (bicyclic) bond motifs is 2. The van der Waals surface area contributed by atoms with Crippen LogP contribution >= 0.6 is 0 Å². The fraction of sp³-hybridized carbons (Fsp3) is 0.333. The molecule has 3 aliphatic heterocycles. The van der Waals surface area contributed by atoms with E-state index < -0.39 is 60.2 Å². The third-order valence-corrected chi connectivity index (χ3v) is 8.32. The van der Waals surface area contributed by atoms with Gasteiger partial charge in [-0.25, -0.2) is 4.79 Å². The number of aromatic nitrogens is 1. The summed E-state index contributed by atoms with van der Waals surface area (Å²) in [6.07, 6.45) is 3.20. The van der Waals surface area contributed by atoms with Gasteiger partial charge < -0.3 is 35.0 Å². The van der Waals surface area contributed by atoms with Gasteiger partial charge in [-0.05, 0) is 29.9 Å². The van der Waals surface area contributed by atoms with E-state index in [2.05, 4.69) is 15.6 Å². The Hall–Kier alpha value is -5.30. The second kappa shape index (κ2) is 13.4. The number of hydrogen-bond donors (Lipinski definition) is 3.